The van der Waals surface area contributed by atoms with E-state index in [-0.39, 0.29) is 17.7 Å². The normalized spacial score (nSPS) is 15.7. The molecule has 0 bridgehead atoms. The maximum absolute atomic E-state index is 12.1. The van der Waals surface area contributed by atoms with Gasteiger partial charge >= 0.3 is 0 Å². The lowest BCUT2D eigenvalue weighted by atomic mass is 9.95. The molecule has 4 nitrogen and oxygen atoms in total. The van der Waals surface area contributed by atoms with Crippen LogP contribution in [0.25, 0.3) is 0 Å². The molecule has 20 heavy (non-hydrogen) atoms. The fourth-order valence-electron chi connectivity index (χ4n) is 2.41. The van der Waals surface area contributed by atoms with E-state index >= 15 is 0 Å². The lowest BCUT2D eigenvalue weighted by Gasteiger charge is -2.22. The first kappa shape index (κ1) is 14.9. The highest BCUT2D eigenvalue weighted by Crippen LogP contribution is 2.18. The molecule has 1 aliphatic rings. The third-order valence-electron chi connectivity index (χ3n) is 3.49. The van der Waals surface area contributed by atoms with E-state index in [9.17, 15) is 9.59 Å². The van der Waals surface area contributed by atoms with Crippen molar-refractivity contribution in [1.82, 2.24) is 5.32 Å². The van der Waals surface area contributed by atoms with Gasteiger partial charge in [0, 0.05) is 17.3 Å². The van der Waals surface area contributed by atoms with E-state index in [0.717, 1.165) is 12.8 Å². The van der Waals surface area contributed by atoms with Crippen LogP contribution in [0.2, 0.25) is 0 Å². The molecule has 0 aliphatic heterocycles. The van der Waals surface area contributed by atoms with Gasteiger partial charge in [0.2, 0.25) is 5.91 Å². The van der Waals surface area contributed by atoms with Gasteiger partial charge in [-0.2, -0.15) is 0 Å². The summed E-state index contributed by atoms with van der Waals surface area (Å²) in [6, 6.07) is 7.14. The summed E-state index contributed by atoms with van der Waals surface area (Å²) in [4.78, 5) is 23.2. The smallest absolute Gasteiger partial charge is 0.251 e. The number of hydrogen-bond donors (Lipinski definition) is 2. The molecule has 1 saturated carbocycles. The van der Waals surface area contributed by atoms with Crippen molar-refractivity contribution >= 4 is 29.1 Å². The first-order chi connectivity index (χ1) is 9.69. The number of amides is 2. The average Bonchev–Trinajstić information content (AvgIpc) is 2.49. The van der Waals surface area contributed by atoms with E-state index in [1.165, 1.54) is 19.3 Å². The highest BCUT2D eigenvalue weighted by Gasteiger charge is 2.16. The van der Waals surface area contributed by atoms with E-state index < -0.39 is 0 Å². The Bertz CT molecular complexity index is 467. The van der Waals surface area contributed by atoms with Crippen LogP contribution in [0.4, 0.5) is 5.69 Å². The van der Waals surface area contributed by atoms with Gasteiger partial charge < -0.3 is 10.6 Å². The van der Waals surface area contributed by atoms with Crippen molar-refractivity contribution < 1.29 is 9.59 Å². The molecular weight excluding hydrogens is 276 g/mol. The number of halogens is 1. The molecule has 2 rings (SSSR count). The van der Waals surface area contributed by atoms with Crippen LogP contribution < -0.4 is 10.6 Å². The molecule has 0 radical (unpaired) electrons. The van der Waals surface area contributed by atoms with Crippen LogP contribution in [-0.4, -0.2) is 23.7 Å². The monoisotopic (exact) mass is 294 g/mol. The number of anilines is 1. The van der Waals surface area contributed by atoms with Gasteiger partial charge in [0.05, 0.1) is 0 Å². The summed E-state index contributed by atoms with van der Waals surface area (Å²) in [5, 5.41) is 5.70. The van der Waals surface area contributed by atoms with Crippen LogP contribution >= 0.6 is 11.6 Å². The van der Waals surface area contributed by atoms with Crippen molar-refractivity contribution in [3.05, 3.63) is 29.8 Å². The largest absolute Gasteiger partial charge is 0.349 e. The second-order valence-corrected chi connectivity index (χ2v) is 5.33. The molecule has 1 aromatic rings. The summed E-state index contributed by atoms with van der Waals surface area (Å²) < 4.78 is 0. The highest BCUT2D eigenvalue weighted by molar-refractivity contribution is 6.29. The molecule has 0 aromatic heterocycles. The summed E-state index contributed by atoms with van der Waals surface area (Å²) >= 11 is 5.42. The maximum Gasteiger partial charge on any atom is 0.251 e. The Labute approximate surface area is 123 Å². The van der Waals surface area contributed by atoms with Gasteiger partial charge in [-0.15, -0.1) is 11.6 Å². The minimum atomic E-state index is -0.258. The van der Waals surface area contributed by atoms with Gasteiger partial charge in [0.15, 0.2) is 0 Å². The minimum Gasteiger partial charge on any atom is -0.349 e. The molecule has 0 unspecified atom stereocenters. The number of alkyl halides is 1. The van der Waals surface area contributed by atoms with Gasteiger partial charge in [-0.05, 0) is 37.1 Å². The summed E-state index contributed by atoms with van der Waals surface area (Å²) in [7, 11) is 0. The molecule has 0 atom stereocenters. The van der Waals surface area contributed by atoms with E-state index in [1.807, 2.05) is 0 Å². The minimum absolute atomic E-state index is 0.0490. The number of carbonyl (C=O) groups excluding carboxylic acids is 2. The molecule has 0 spiro atoms. The second kappa shape index (κ2) is 7.29. The molecule has 1 aliphatic carbocycles. The van der Waals surface area contributed by atoms with Crippen LogP contribution in [0, 0.1) is 0 Å². The van der Waals surface area contributed by atoms with E-state index in [4.69, 9.17) is 11.6 Å². The van der Waals surface area contributed by atoms with Crippen LogP contribution in [0.15, 0.2) is 24.3 Å². The Morgan fingerprint density at radius 3 is 2.35 bits per heavy atom. The molecular formula is C15H19ClN2O2. The average molecular weight is 295 g/mol. The first-order valence-corrected chi connectivity index (χ1v) is 7.49. The molecule has 0 saturated heterocycles. The topological polar surface area (TPSA) is 58.2 Å². The molecule has 2 amide bonds. The van der Waals surface area contributed by atoms with Crippen LogP contribution in [0.5, 0.6) is 0 Å². The summed E-state index contributed by atoms with van der Waals surface area (Å²) in [6.45, 7) is 0. The van der Waals surface area contributed by atoms with Gasteiger partial charge in [-0.3, -0.25) is 9.59 Å². The highest BCUT2D eigenvalue weighted by atomic mass is 35.5. The number of carbonyl (C=O) groups is 2. The zero-order valence-electron chi connectivity index (χ0n) is 11.3. The zero-order valence-corrected chi connectivity index (χ0v) is 12.1. The van der Waals surface area contributed by atoms with Crippen LogP contribution in [0.3, 0.4) is 0 Å². The standard InChI is InChI=1S/C15H19ClN2O2/c16-10-14(19)17-13-8-6-11(7-9-13)15(20)18-12-4-2-1-3-5-12/h6-9,12H,1-5,10H2,(H,17,19)(H,18,20). The molecule has 5 heteroatoms. The lowest BCUT2D eigenvalue weighted by Crippen LogP contribution is -2.36. The SMILES string of the molecule is O=C(CCl)Nc1ccc(C(=O)NC2CCCCC2)cc1. The Hall–Kier alpha value is -1.55. The Morgan fingerprint density at radius 1 is 1.10 bits per heavy atom. The van der Waals surface area contributed by atoms with Crippen molar-refractivity contribution in [3.63, 3.8) is 0 Å². The van der Waals surface area contributed by atoms with Crippen LogP contribution in [0.1, 0.15) is 42.5 Å². The number of benzene rings is 1. The number of nitrogens with one attached hydrogen (secondary N) is 2. The fraction of sp³-hybridized carbons (Fsp3) is 0.467. The van der Waals surface area contributed by atoms with Gasteiger partial charge in [0.25, 0.3) is 5.91 Å². The molecule has 108 valence electrons. The quantitative estimate of drug-likeness (QED) is 0.839. The maximum atomic E-state index is 12.1. The Morgan fingerprint density at radius 2 is 1.75 bits per heavy atom. The zero-order chi connectivity index (χ0) is 14.4. The van der Waals surface area contributed by atoms with Crippen LogP contribution in [-0.2, 0) is 4.79 Å². The lowest BCUT2D eigenvalue weighted by molar-refractivity contribution is -0.113. The number of rotatable bonds is 4. The third-order valence-corrected chi connectivity index (χ3v) is 3.74. The summed E-state index contributed by atoms with van der Waals surface area (Å²) in [5.41, 5.74) is 1.25. The summed E-state index contributed by atoms with van der Waals surface area (Å²) in [6.07, 6.45) is 5.77. The molecule has 1 aromatic carbocycles. The van der Waals surface area contributed by atoms with E-state index in [1.54, 1.807) is 24.3 Å². The van der Waals surface area contributed by atoms with Gasteiger partial charge in [0.1, 0.15) is 5.88 Å². The predicted molar refractivity (Wildman–Crippen MR) is 80.1 cm³/mol. The van der Waals surface area contributed by atoms with Crippen molar-refractivity contribution in [1.29, 1.82) is 0 Å². The van der Waals surface area contributed by atoms with Crippen molar-refractivity contribution in [3.8, 4) is 0 Å². The van der Waals surface area contributed by atoms with Crippen molar-refractivity contribution in [2.24, 2.45) is 0 Å². The van der Waals surface area contributed by atoms with Crippen molar-refractivity contribution in [2.75, 3.05) is 11.2 Å². The summed E-state index contributed by atoms with van der Waals surface area (Å²) in [5.74, 6) is -0.387. The number of hydrogen-bond acceptors (Lipinski definition) is 2. The molecule has 1 fully saturated rings. The fourth-order valence-corrected chi connectivity index (χ4v) is 2.48. The van der Waals surface area contributed by atoms with E-state index in [2.05, 4.69) is 10.6 Å². The molecule has 0 heterocycles. The Kier molecular flexibility index (Phi) is 5.41. The predicted octanol–water partition coefficient (Wildman–Crippen LogP) is 2.93. The van der Waals surface area contributed by atoms with Gasteiger partial charge in [-0.1, -0.05) is 19.3 Å². The Balaban J connectivity index is 1.91. The first-order valence-electron chi connectivity index (χ1n) is 6.96. The van der Waals surface area contributed by atoms with Crippen molar-refractivity contribution in [2.45, 2.75) is 38.1 Å². The molecule has 2 N–H and O–H groups in total. The van der Waals surface area contributed by atoms with Gasteiger partial charge in [-0.25, -0.2) is 0 Å². The van der Waals surface area contributed by atoms with E-state index in [0.29, 0.717) is 17.3 Å². The second-order valence-electron chi connectivity index (χ2n) is 5.07. The third kappa shape index (κ3) is 4.23.